The highest BCUT2D eigenvalue weighted by Crippen LogP contribution is 2.20. The smallest absolute Gasteiger partial charge is 0.0612 e. The van der Waals surface area contributed by atoms with Crippen LogP contribution < -0.4 is 5.32 Å². The van der Waals surface area contributed by atoms with E-state index in [9.17, 15) is 0 Å². The Labute approximate surface area is 98.5 Å². The summed E-state index contributed by atoms with van der Waals surface area (Å²) in [6.07, 6.45) is 4.97. The van der Waals surface area contributed by atoms with Crippen molar-refractivity contribution < 1.29 is 4.74 Å². The molecule has 3 atom stereocenters. The molecule has 3 unspecified atom stereocenters. The molecule has 0 radical (unpaired) electrons. The fourth-order valence-electron chi connectivity index (χ4n) is 2.14. The van der Waals surface area contributed by atoms with E-state index in [1.807, 2.05) is 11.8 Å². The first-order chi connectivity index (χ1) is 7.13. The monoisotopic (exact) mass is 231 g/mol. The van der Waals surface area contributed by atoms with Crippen LogP contribution in [0.1, 0.15) is 33.6 Å². The van der Waals surface area contributed by atoms with Gasteiger partial charge in [-0.15, -0.1) is 0 Å². The molecule has 1 aliphatic heterocycles. The Kier molecular flexibility index (Phi) is 6.02. The first-order valence-corrected chi connectivity index (χ1v) is 7.39. The van der Waals surface area contributed by atoms with Crippen molar-refractivity contribution in [3.63, 3.8) is 0 Å². The summed E-state index contributed by atoms with van der Waals surface area (Å²) in [5.41, 5.74) is 0. The molecule has 0 aromatic heterocycles. The fraction of sp³-hybridized carbons (Fsp3) is 1.00. The minimum atomic E-state index is 0.456. The lowest BCUT2D eigenvalue weighted by molar-refractivity contribution is -0.0252. The third-order valence-corrected chi connectivity index (χ3v) is 3.83. The number of ether oxygens (including phenoxy) is 1. The van der Waals surface area contributed by atoms with Gasteiger partial charge in [-0.2, -0.15) is 11.8 Å². The standard InChI is InChI=1S/C12H25NOS/c1-9(2)12-7-11(5-6-14-12)13-10(3)8-15-4/h9-13H,5-8H2,1-4H3. The Hall–Kier alpha value is 0.270. The minimum Gasteiger partial charge on any atom is -0.378 e. The number of thioether (sulfide) groups is 1. The van der Waals surface area contributed by atoms with Crippen molar-refractivity contribution in [3.8, 4) is 0 Å². The molecule has 1 rings (SSSR count). The first-order valence-electron chi connectivity index (χ1n) is 6.00. The maximum Gasteiger partial charge on any atom is 0.0612 e. The van der Waals surface area contributed by atoms with Crippen molar-refractivity contribution in [2.75, 3.05) is 18.6 Å². The van der Waals surface area contributed by atoms with Crippen LogP contribution in [0.15, 0.2) is 0 Å². The fourth-order valence-corrected chi connectivity index (χ4v) is 2.74. The van der Waals surface area contributed by atoms with Crippen molar-refractivity contribution in [3.05, 3.63) is 0 Å². The molecule has 0 spiro atoms. The number of hydrogen-bond acceptors (Lipinski definition) is 3. The van der Waals surface area contributed by atoms with Gasteiger partial charge in [-0.05, 0) is 31.9 Å². The van der Waals surface area contributed by atoms with Gasteiger partial charge in [-0.25, -0.2) is 0 Å². The number of hydrogen-bond donors (Lipinski definition) is 1. The summed E-state index contributed by atoms with van der Waals surface area (Å²) in [6.45, 7) is 7.69. The summed E-state index contributed by atoms with van der Waals surface area (Å²) in [6, 6.07) is 1.28. The molecule has 1 N–H and O–H groups in total. The molecule has 0 aromatic carbocycles. The Morgan fingerprint density at radius 3 is 2.73 bits per heavy atom. The second kappa shape index (κ2) is 6.77. The highest BCUT2D eigenvalue weighted by molar-refractivity contribution is 7.98. The van der Waals surface area contributed by atoms with Crippen molar-refractivity contribution in [2.45, 2.75) is 51.8 Å². The van der Waals surface area contributed by atoms with Crippen LogP contribution in [0.5, 0.6) is 0 Å². The van der Waals surface area contributed by atoms with Gasteiger partial charge in [0, 0.05) is 24.4 Å². The molecular weight excluding hydrogens is 206 g/mol. The second-order valence-electron chi connectivity index (χ2n) is 4.90. The van der Waals surface area contributed by atoms with Crippen LogP contribution in [0.25, 0.3) is 0 Å². The van der Waals surface area contributed by atoms with Crippen molar-refractivity contribution in [2.24, 2.45) is 5.92 Å². The van der Waals surface area contributed by atoms with E-state index in [-0.39, 0.29) is 0 Å². The lowest BCUT2D eigenvalue weighted by atomic mass is 9.95. The van der Waals surface area contributed by atoms with Crippen LogP contribution in [-0.2, 0) is 4.74 Å². The zero-order valence-electron chi connectivity index (χ0n) is 10.5. The summed E-state index contributed by atoms with van der Waals surface area (Å²) in [5, 5.41) is 3.70. The van der Waals surface area contributed by atoms with Gasteiger partial charge in [-0.1, -0.05) is 13.8 Å². The molecule has 0 bridgehead atoms. The summed E-state index contributed by atoms with van der Waals surface area (Å²) in [7, 11) is 0. The SMILES string of the molecule is CSCC(C)NC1CCOC(C(C)C)C1. The van der Waals surface area contributed by atoms with Gasteiger partial charge in [-0.3, -0.25) is 0 Å². The molecule has 0 aliphatic carbocycles. The van der Waals surface area contributed by atoms with Gasteiger partial charge >= 0.3 is 0 Å². The van der Waals surface area contributed by atoms with Crippen LogP contribution >= 0.6 is 11.8 Å². The van der Waals surface area contributed by atoms with E-state index in [1.165, 1.54) is 18.6 Å². The highest BCUT2D eigenvalue weighted by atomic mass is 32.2. The summed E-state index contributed by atoms with van der Waals surface area (Å²) in [4.78, 5) is 0. The van der Waals surface area contributed by atoms with E-state index in [0.717, 1.165) is 6.61 Å². The van der Waals surface area contributed by atoms with Crippen molar-refractivity contribution in [1.29, 1.82) is 0 Å². The molecule has 0 saturated carbocycles. The van der Waals surface area contributed by atoms with Gasteiger partial charge in [0.15, 0.2) is 0 Å². The van der Waals surface area contributed by atoms with Crippen molar-refractivity contribution in [1.82, 2.24) is 5.32 Å². The Morgan fingerprint density at radius 1 is 1.40 bits per heavy atom. The molecule has 15 heavy (non-hydrogen) atoms. The molecule has 0 amide bonds. The quantitative estimate of drug-likeness (QED) is 0.785. The maximum atomic E-state index is 5.77. The largest absolute Gasteiger partial charge is 0.378 e. The first kappa shape index (κ1) is 13.3. The van der Waals surface area contributed by atoms with E-state index in [2.05, 4.69) is 32.3 Å². The maximum absolute atomic E-state index is 5.77. The predicted molar refractivity (Wildman–Crippen MR) is 68.6 cm³/mol. The predicted octanol–water partition coefficient (Wildman–Crippen LogP) is 2.53. The Balaban J connectivity index is 2.29. The summed E-state index contributed by atoms with van der Waals surface area (Å²) >= 11 is 1.91. The van der Waals surface area contributed by atoms with Crippen molar-refractivity contribution >= 4 is 11.8 Å². The molecule has 2 nitrogen and oxygen atoms in total. The van der Waals surface area contributed by atoms with Gasteiger partial charge in [0.2, 0.25) is 0 Å². The molecular formula is C12H25NOS. The molecule has 1 saturated heterocycles. The van der Waals surface area contributed by atoms with Crippen LogP contribution in [-0.4, -0.2) is 36.8 Å². The number of nitrogens with one attached hydrogen (secondary N) is 1. The zero-order chi connectivity index (χ0) is 11.3. The Bertz CT molecular complexity index is 175. The molecule has 1 fully saturated rings. The minimum absolute atomic E-state index is 0.456. The van der Waals surface area contributed by atoms with Crippen LogP contribution in [0.2, 0.25) is 0 Å². The lowest BCUT2D eigenvalue weighted by Gasteiger charge is -2.34. The molecule has 0 aromatic rings. The average molecular weight is 231 g/mol. The van der Waals surface area contributed by atoms with Gasteiger partial charge in [0.1, 0.15) is 0 Å². The van der Waals surface area contributed by atoms with E-state index in [0.29, 0.717) is 24.1 Å². The topological polar surface area (TPSA) is 21.3 Å². The average Bonchev–Trinajstić information content (AvgIpc) is 2.18. The summed E-state index contributed by atoms with van der Waals surface area (Å²) < 4.78 is 5.77. The van der Waals surface area contributed by atoms with Crippen LogP contribution in [0.3, 0.4) is 0 Å². The van der Waals surface area contributed by atoms with Gasteiger partial charge < -0.3 is 10.1 Å². The number of rotatable bonds is 5. The molecule has 1 aliphatic rings. The Morgan fingerprint density at radius 2 is 2.13 bits per heavy atom. The van der Waals surface area contributed by atoms with E-state index in [4.69, 9.17) is 4.74 Å². The third kappa shape index (κ3) is 4.75. The molecule has 3 heteroatoms. The lowest BCUT2D eigenvalue weighted by Crippen LogP contribution is -2.45. The van der Waals surface area contributed by atoms with E-state index in [1.54, 1.807) is 0 Å². The van der Waals surface area contributed by atoms with Crippen LogP contribution in [0, 0.1) is 5.92 Å². The zero-order valence-corrected chi connectivity index (χ0v) is 11.3. The second-order valence-corrected chi connectivity index (χ2v) is 5.81. The van der Waals surface area contributed by atoms with E-state index >= 15 is 0 Å². The molecule has 90 valence electrons. The van der Waals surface area contributed by atoms with E-state index < -0.39 is 0 Å². The van der Waals surface area contributed by atoms with Gasteiger partial charge in [0.05, 0.1) is 6.10 Å². The highest BCUT2D eigenvalue weighted by Gasteiger charge is 2.25. The van der Waals surface area contributed by atoms with Crippen LogP contribution in [0.4, 0.5) is 0 Å². The third-order valence-electron chi connectivity index (χ3n) is 3.00. The molecule has 1 heterocycles. The normalized spacial score (nSPS) is 29.4. The van der Waals surface area contributed by atoms with Gasteiger partial charge in [0.25, 0.3) is 0 Å². The summed E-state index contributed by atoms with van der Waals surface area (Å²) in [5.74, 6) is 1.84.